The van der Waals surface area contributed by atoms with E-state index in [1.165, 1.54) is 11.8 Å². The lowest BCUT2D eigenvalue weighted by Crippen LogP contribution is -2.13. The first-order valence-corrected chi connectivity index (χ1v) is 9.45. The molecule has 1 aromatic carbocycles. The third-order valence-electron chi connectivity index (χ3n) is 3.67. The third-order valence-corrected chi connectivity index (χ3v) is 5.14. The van der Waals surface area contributed by atoms with Crippen LogP contribution in [0.2, 0.25) is 10.0 Å². The summed E-state index contributed by atoms with van der Waals surface area (Å²) >= 11 is 13.4. The number of amides is 1. The van der Waals surface area contributed by atoms with Crippen molar-refractivity contribution < 1.29 is 9.32 Å². The maximum absolute atomic E-state index is 12.7. The molecule has 0 aliphatic rings. The van der Waals surface area contributed by atoms with Gasteiger partial charge >= 0.3 is 0 Å². The van der Waals surface area contributed by atoms with Crippen molar-refractivity contribution >= 4 is 46.6 Å². The van der Waals surface area contributed by atoms with Crippen molar-refractivity contribution in [2.45, 2.75) is 24.6 Å². The van der Waals surface area contributed by atoms with E-state index >= 15 is 0 Å². The molecular formula is C18H15Cl2N3O2S. The number of thioether (sulfide) groups is 1. The summed E-state index contributed by atoms with van der Waals surface area (Å²) in [5.74, 6) is 1.10. The number of aryl methyl sites for hydroxylation is 2. The zero-order valence-electron chi connectivity index (χ0n) is 14.0. The molecule has 0 spiro atoms. The first-order valence-electron chi connectivity index (χ1n) is 7.71. The van der Waals surface area contributed by atoms with Gasteiger partial charge in [0.25, 0.3) is 5.91 Å². The molecule has 1 amide bonds. The lowest BCUT2D eigenvalue weighted by molar-refractivity contribution is 0.102. The predicted octanol–water partition coefficient (Wildman–Crippen LogP) is 5.54. The molecule has 0 saturated carbocycles. The van der Waals surface area contributed by atoms with Gasteiger partial charge in [-0.3, -0.25) is 4.79 Å². The number of aromatic nitrogens is 2. The molecule has 0 saturated heterocycles. The van der Waals surface area contributed by atoms with Gasteiger partial charge in [0.05, 0.1) is 11.3 Å². The Kier molecular flexibility index (Phi) is 5.86. The van der Waals surface area contributed by atoms with Crippen molar-refractivity contribution in [3.8, 4) is 0 Å². The summed E-state index contributed by atoms with van der Waals surface area (Å²) in [6.45, 7) is 3.76. The van der Waals surface area contributed by atoms with Gasteiger partial charge in [-0.1, -0.05) is 28.4 Å². The van der Waals surface area contributed by atoms with E-state index in [4.69, 9.17) is 27.7 Å². The summed E-state index contributed by atoms with van der Waals surface area (Å²) < 4.78 is 5.17. The number of nitrogens with zero attached hydrogens (tertiary/aromatic N) is 2. The number of halogens is 2. The van der Waals surface area contributed by atoms with Gasteiger partial charge in [-0.15, -0.1) is 11.8 Å². The highest BCUT2D eigenvalue weighted by Crippen LogP contribution is 2.28. The summed E-state index contributed by atoms with van der Waals surface area (Å²) in [6.07, 6.45) is 1.66. The molecule has 3 rings (SSSR count). The van der Waals surface area contributed by atoms with E-state index in [9.17, 15) is 4.79 Å². The minimum absolute atomic E-state index is 0.280. The Morgan fingerprint density at radius 3 is 2.62 bits per heavy atom. The second-order valence-corrected chi connectivity index (χ2v) is 7.40. The van der Waals surface area contributed by atoms with E-state index in [1.807, 2.05) is 13.8 Å². The number of nitrogens with one attached hydrogen (secondary N) is 1. The number of benzene rings is 1. The lowest BCUT2D eigenvalue weighted by Gasteiger charge is -2.10. The standard InChI is InChI=1S/C18H15Cl2N3O2S/c1-10-16(11(2)25-23-10)9-26-18-15(4-3-5-21-18)17(24)22-14-7-12(19)6-13(20)8-14/h3-8H,9H2,1-2H3,(H,22,24). The van der Waals surface area contributed by atoms with Gasteiger partial charge in [-0.05, 0) is 44.2 Å². The Labute approximate surface area is 165 Å². The van der Waals surface area contributed by atoms with E-state index in [2.05, 4.69) is 15.5 Å². The van der Waals surface area contributed by atoms with Gasteiger partial charge in [0.2, 0.25) is 0 Å². The first kappa shape index (κ1) is 18.8. The van der Waals surface area contributed by atoms with E-state index in [0.717, 1.165) is 17.0 Å². The first-order chi connectivity index (χ1) is 12.4. The molecule has 0 aliphatic heterocycles. The molecule has 0 atom stereocenters. The molecule has 1 N–H and O–H groups in total. The fraction of sp³-hybridized carbons (Fsp3) is 0.167. The highest BCUT2D eigenvalue weighted by Gasteiger charge is 2.16. The van der Waals surface area contributed by atoms with Crippen LogP contribution in [0.3, 0.4) is 0 Å². The van der Waals surface area contributed by atoms with Gasteiger partial charge in [-0.2, -0.15) is 0 Å². The molecule has 0 radical (unpaired) electrons. The van der Waals surface area contributed by atoms with Crippen LogP contribution in [0, 0.1) is 13.8 Å². The summed E-state index contributed by atoms with van der Waals surface area (Å²) in [7, 11) is 0. The molecule has 0 unspecified atom stereocenters. The van der Waals surface area contributed by atoms with Crippen LogP contribution in [-0.4, -0.2) is 16.0 Å². The van der Waals surface area contributed by atoms with Gasteiger partial charge in [-0.25, -0.2) is 4.98 Å². The average molecular weight is 408 g/mol. The van der Waals surface area contributed by atoms with Crippen LogP contribution >= 0.6 is 35.0 Å². The molecule has 5 nitrogen and oxygen atoms in total. The third kappa shape index (κ3) is 4.38. The van der Waals surface area contributed by atoms with Crippen LogP contribution in [0.15, 0.2) is 46.1 Å². The van der Waals surface area contributed by atoms with Gasteiger partial charge in [0.1, 0.15) is 10.8 Å². The molecule has 0 fully saturated rings. The van der Waals surface area contributed by atoms with Crippen LogP contribution in [0.25, 0.3) is 0 Å². The maximum Gasteiger partial charge on any atom is 0.258 e. The van der Waals surface area contributed by atoms with Crippen LogP contribution < -0.4 is 5.32 Å². The summed E-state index contributed by atoms with van der Waals surface area (Å²) in [6, 6.07) is 8.33. The number of carbonyl (C=O) groups excluding carboxylic acids is 1. The number of rotatable bonds is 5. The maximum atomic E-state index is 12.7. The summed E-state index contributed by atoms with van der Waals surface area (Å²) in [5, 5.41) is 8.27. The molecule has 8 heteroatoms. The van der Waals surface area contributed by atoms with Crippen molar-refractivity contribution in [3.63, 3.8) is 0 Å². The van der Waals surface area contributed by atoms with Crippen LogP contribution in [0.4, 0.5) is 5.69 Å². The SMILES string of the molecule is Cc1noc(C)c1CSc1ncccc1C(=O)Nc1cc(Cl)cc(Cl)c1. The topological polar surface area (TPSA) is 68.0 Å². The van der Waals surface area contributed by atoms with Crippen molar-refractivity contribution in [1.82, 2.24) is 10.1 Å². The van der Waals surface area contributed by atoms with Crippen molar-refractivity contribution in [2.75, 3.05) is 5.32 Å². The van der Waals surface area contributed by atoms with Gasteiger partial charge < -0.3 is 9.84 Å². The van der Waals surface area contributed by atoms with Crippen LogP contribution in [0.5, 0.6) is 0 Å². The Bertz CT molecular complexity index is 920. The Balaban J connectivity index is 1.79. The fourth-order valence-corrected chi connectivity index (χ4v) is 4.02. The minimum Gasteiger partial charge on any atom is -0.361 e. The lowest BCUT2D eigenvalue weighted by atomic mass is 10.2. The number of anilines is 1. The van der Waals surface area contributed by atoms with Crippen LogP contribution in [-0.2, 0) is 5.75 Å². The molecule has 3 aromatic rings. The second-order valence-electron chi connectivity index (χ2n) is 5.56. The molecule has 134 valence electrons. The fourth-order valence-electron chi connectivity index (χ4n) is 2.35. The van der Waals surface area contributed by atoms with E-state index in [-0.39, 0.29) is 5.91 Å². The Morgan fingerprint density at radius 2 is 1.96 bits per heavy atom. The molecule has 0 aliphatic carbocycles. The van der Waals surface area contributed by atoms with E-state index in [1.54, 1.807) is 36.5 Å². The molecular weight excluding hydrogens is 393 g/mol. The quantitative estimate of drug-likeness (QED) is 0.562. The zero-order chi connectivity index (χ0) is 18.7. The number of carbonyl (C=O) groups is 1. The van der Waals surface area contributed by atoms with Crippen molar-refractivity contribution in [1.29, 1.82) is 0 Å². The normalized spacial score (nSPS) is 10.8. The van der Waals surface area contributed by atoms with E-state index < -0.39 is 0 Å². The van der Waals surface area contributed by atoms with Gasteiger partial charge in [0, 0.05) is 33.2 Å². The Hall–Kier alpha value is -2.02. The minimum atomic E-state index is -0.280. The van der Waals surface area contributed by atoms with Crippen LogP contribution in [0.1, 0.15) is 27.4 Å². The number of hydrogen-bond acceptors (Lipinski definition) is 5. The average Bonchev–Trinajstić information content (AvgIpc) is 2.90. The smallest absolute Gasteiger partial charge is 0.258 e. The number of pyridine rings is 1. The molecule has 2 heterocycles. The monoisotopic (exact) mass is 407 g/mol. The summed E-state index contributed by atoms with van der Waals surface area (Å²) in [5.41, 5.74) is 2.84. The predicted molar refractivity (Wildman–Crippen MR) is 104 cm³/mol. The number of hydrogen-bond donors (Lipinski definition) is 1. The highest BCUT2D eigenvalue weighted by atomic mass is 35.5. The van der Waals surface area contributed by atoms with Crippen molar-refractivity contribution in [2.24, 2.45) is 0 Å². The highest BCUT2D eigenvalue weighted by molar-refractivity contribution is 7.98. The Morgan fingerprint density at radius 1 is 1.23 bits per heavy atom. The zero-order valence-corrected chi connectivity index (χ0v) is 16.4. The second kappa shape index (κ2) is 8.12. The van der Waals surface area contributed by atoms with Crippen molar-refractivity contribution in [3.05, 3.63) is 69.2 Å². The van der Waals surface area contributed by atoms with Gasteiger partial charge in [0.15, 0.2) is 0 Å². The molecule has 26 heavy (non-hydrogen) atoms. The summed E-state index contributed by atoms with van der Waals surface area (Å²) in [4.78, 5) is 17.0. The molecule has 2 aromatic heterocycles. The molecule has 0 bridgehead atoms. The largest absolute Gasteiger partial charge is 0.361 e. The van der Waals surface area contributed by atoms with E-state index in [0.29, 0.717) is 32.1 Å².